The van der Waals surface area contributed by atoms with Crippen LogP contribution in [0.3, 0.4) is 0 Å². The third-order valence-electron chi connectivity index (χ3n) is 6.07. The molecule has 2 amide bonds. The van der Waals surface area contributed by atoms with Gasteiger partial charge in [0.05, 0.1) is 18.9 Å². The maximum absolute atomic E-state index is 12.6. The van der Waals surface area contributed by atoms with Gasteiger partial charge >= 0.3 is 6.03 Å². The Labute approximate surface area is 211 Å². The average Bonchev–Trinajstić information content (AvgIpc) is 3.53. The van der Waals surface area contributed by atoms with E-state index in [1.54, 1.807) is 36.5 Å². The fourth-order valence-corrected chi connectivity index (χ4v) is 4.19. The van der Waals surface area contributed by atoms with E-state index in [4.69, 9.17) is 9.72 Å². The van der Waals surface area contributed by atoms with Gasteiger partial charge in [0.2, 0.25) is 0 Å². The second-order valence-electron chi connectivity index (χ2n) is 8.52. The van der Waals surface area contributed by atoms with Gasteiger partial charge in [0, 0.05) is 55.4 Å². The molecule has 4 aromatic heterocycles. The largest absolute Gasteiger partial charge is 0.378 e. The monoisotopic (exact) mass is 496 g/mol. The van der Waals surface area contributed by atoms with E-state index in [0.717, 1.165) is 41.2 Å². The number of hydrogen-bond acceptors (Lipinski definition) is 8. The summed E-state index contributed by atoms with van der Waals surface area (Å²) in [7, 11) is 1.77. The fraction of sp³-hybridized carbons (Fsp3) is 0.200. The first-order valence-corrected chi connectivity index (χ1v) is 11.8. The predicted molar refractivity (Wildman–Crippen MR) is 139 cm³/mol. The number of nitrogens with one attached hydrogen (secondary N) is 3. The number of nitrogens with zero attached hydrogens (tertiary/aromatic N) is 7. The minimum atomic E-state index is -0.373. The molecule has 12 nitrogen and oxygen atoms in total. The van der Waals surface area contributed by atoms with Crippen molar-refractivity contribution in [2.45, 2.75) is 0 Å². The molecule has 37 heavy (non-hydrogen) atoms. The highest BCUT2D eigenvalue weighted by atomic mass is 16.5. The van der Waals surface area contributed by atoms with Crippen LogP contribution in [0.4, 0.5) is 22.1 Å². The molecule has 5 heterocycles. The van der Waals surface area contributed by atoms with Crippen LogP contribution < -0.4 is 15.5 Å². The lowest BCUT2D eigenvalue weighted by molar-refractivity contribution is 0.122. The first kappa shape index (κ1) is 22.6. The molecule has 1 saturated heterocycles. The van der Waals surface area contributed by atoms with E-state index in [9.17, 15) is 4.79 Å². The molecular weight excluding hydrogens is 472 g/mol. The van der Waals surface area contributed by atoms with Crippen LogP contribution in [0.2, 0.25) is 0 Å². The van der Waals surface area contributed by atoms with Crippen molar-refractivity contribution in [3.8, 4) is 22.6 Å². The SMILES string of the molecule is Cn1nc(-c2cccnc2)cc1NC(=O)Nc1ccc(-c2nc3c(N4CCOCC4)ncnc3[nH]2)cc1. The molecule has 0 spiro atoms. The molecule has 5 aromatic rings. The summed E-state index contributed by atoms with van der Waals surface area (Å²) in [6, 6.07) is 12.6. The summed E-state index contributed by atoms with van der Waals surface area (Å²) in [5.74, 6) is 2.04. The fourth-order valence-electron chi connectivity index (χ4n) is 4.19. The maximum Gasteiger partial charge on any atom is 0.324 e. The molecule has 0 saturated carbocycles. The standard InChI is InChI=1S/C25H24N10O2/c1-34-20(13-19(33-34)17-3-2-8-26-14-17)30-25(36)29-18-6-4-16(5-7-18)22-31-21-23(32-22)27-15-28-24(21)35-9-11-37-12-10-35/h2-8,13-15H,9-12H2,1H3,(H2,29,30,36)(H,27,28,31,32). The molecule has 3 N–H and O–H groups in total. The van der Waals surface area contributed by atoms with E-state index in [0.29, 0.717) is 36.2 Å². The number of aryl methyl sites for hydroxylation is 1. The third kappa shape index (κ3) is 4.69. The number of morpholine rings is 1. The van der Waals surface area contributed by atoms with Gasteiger partial charge in [0.25, 0.3) is 0 Å². The van der Waals surface area contributed by atoms with Gasteiger partial charge in [-0.15, -0.1) is 0 Å². The van der Waals surface area contributed by atoms with Gasteiger partial charge in [-0.2, -0.15) is 5.10 Å². The Kier molecular flexibility index (Phi) is 5.91. The number of hydrogen-bond donors (Lipinski definition) is 3. The smallest absolute Gasteiger partial charge is 0.324 e. The number of amides is 2. The van der Waals surface area contributed by atoms with Crippen molar-refractivity contribution in [1.29, 1.82) is 0 Å². The number of rotatable bonds is 5. The van der Waals surface area contributed by atoms with Crippen LogP contribution in [-0.2, 0) is 11.8 Å². The minimum Gasteiger partial charge on any atom is -0.378 e. The zero-order valence-electron chi connectivity index (χ0n) is 20.0. The van der Waals surface area contributed by atoms with Crippen LogP contribution in [0.5, 0.6) is 0 Å². The highest BCUT2D eigenvalue weighted by Crippen LogP contribution is 2.27. The molecule has 0 bridgehead atoms. The quantitative estimate of drug-likeness (QED) is 0.337. The van der Waals surface area contributed by atoms with E-state index >= 15 is 0 Å². The lowest BCUT2D eigenvalue weighted by atomic mass is 10.2. The van der Waals surface area contributed by atoms with Crippen molar-refractivity contribution >= 4 is 34.5 Å². The molecule has 0 unspecified atom stereocenters. The number of fused-ring (bicyclic) bond motifs is 1. The van der Waals surface area contributed by atoms with Crippen molar-refractivity contribution in [1.82, 2.24) is 34.7 Å². The van der Waals surface area contributed by atoms with Crippen LogP contribution in [0.25, 0.3) is 33.8 Å². The Hall–Kier alpha value is -4.84. The molecule has 12 heteroatoms. The van der Waals surface area contributed by atoms with Gasteiger partial charge in [-0.1, -0.05) is 0 Å². The van der Waals surface area contributed by atoms with Crippen LogP contribution in [0, 0.1) is 0 Å². The zero-order valence-corrected chi connectivity index (χ0v) is 20.0. The number of pyridine rings is 1. The van der Waals surface area contributed by atoms with E-state index in [1.807, 2.05) is 36.4 Å². The van der Waals surface area contributed by atoms with Crippen molar-refractivity contribution in [3.63, 3.8) is 0 Å². The Morgan fingerprint density at radius 1 is 1.05 bits per heavy atom. The number of ether oxygens (including phenoxy) is 1. The third-order valence-corrected chi connectivity index (χ3v) is 6.07. The number of benzene rings is 1. The number of carbonyl (C=O) groups excluding carboxylic acids is 1. The number of carbonyl (C=O) groups is 1. The van der Waals surface area contributed by atoms with E-state index in [-0.39, 0.29) is 6.03 Å². The molecule has 1 aliphatic heterocycles. The van der Waals surface area contributed by atoms with Gasteiger partial charge in [0.15, 0.2) is 17.0 Å². The molecule has 186 valence electrons. The van der Waals surface area contributed by atoms with Crippen LogP contribution >= 0.6 is 0 Å². The highest BCUT2D eigenvalue weighted by molar-refractivity contribution is 5.99. The average molecular weight is 497 g/mol. The summed E-state index contributed by atoms with van der Waals surface area (Å²) >= 11 is 0. The lowest BCUT2D eigenvalue weighted by Crippen LogP contribution is -2.36. The second-order valence-corrected chi connectivity index (χ2v) is 8.52. The Morgan fingerprint density at radius 3 is 2.68 bits per heavy atom. The van der Waals surface area contributed by atoms with Crippen LogP contribution in [0.15, 0.2) is 61.2 Å². The molecular formula is C25H24N10O2. The molecule has 0 aliphatic carbocycles. The van der Waals surface area contributed by atoms with Gasteiger partial charge in [0.1, 0.15) is 18.0 Å². The van der Waals surface area contributed by atoms with Gasteiger partial charge < -0.3 is 19.9 Å². The number of H-pyrrole nitrogens is 1. The Bertz CT molecular complexity index is 1540. The highest BCUT2D eigenvalue weighted by Gasteiger charge is 2.19. The summed E-state index contributed by atoms with van der Waals surface area (Å²) in [5.41, 5.74) is 4.50. The molecule has 6 rings (SSSR count). The van der Waals surface area contributed by atoms with Gasteiger partial charge in [-0.05, 0) is 36.4 Å². The maximum atomic E-state index is 12.6. The number of urea groups is 1. The molecule has 0 atom stereocenters. The summed E-state index contributed by atoms with van der Waals surface area (Å²) in [6.07, 6.45) is 4.98. The zero-order chi connectivity index (χ0) is 25.2. The van der Waals surface area contributed by atoms with Crippen molar-refractivity contribution < 1.29 is 9.53 Å². The predicted octanol–water partition coefficient (Wildman–Crippen LogP) is 3.30. The Morgan fingerprint density at radius 2 is 1.89 bits per heavy atom. The number of imidazole rings is 1. The van der Waals surface area contributed by atoms with Crippen molar-refractivity contribution in [3.05, 3.63) is 61.2 Å². The topological polar surface area (TPSA) is 139 Å². The van der Waals surface area contributed by atoms with Gasteiger partial charge in [-0.3, -0.25) is 15.0 Å². The normalized spacial score (nSPS) is 13.6. The van der Waals surface area contributed by atoms with Crippen LogP contribution in [0.1, 0.15) is 0 Å². The molecule has 1 aliphatic rings. The van der Waals surface area contributed by atoms with Crippen LogP contribution in [-0.4, -0.2) is 67.0 Å². The molecule has 1 fully saturated rings. The summed E-state index contributed by atoms with van der Waals surface area (Å²) in [4.78, 5) is 35.7. The van der Waals surface area contributed by atoms with E-state index in [1.165, 1.54) is 0 Å². The first-order chi connectivity index (χ1) is 18.1. The molecule has 1 aromatic carbocycles. The summed E-state index contributed by atoms with van der Waals surface area (Å²) < 4.78 is 7.06. The van der Waals surface area contributed by atoms with E-state index in [2.05, 4.69) is 40.6 Å². The number of aromatic nitrogens is 7. The first-order valence-electron chi connectivity index (χ1n) is 11.8. The van der Waals surface area contributed by atoms with E-state index < -0.39 is 0 Å². The van der Waals surface area contributed by atoms with Crippen molar-refractivity contribution in [2.75, 3.05) is 41.8 Å². The summed E-state index contributed by atoms with van der Waals surface area (Å²) in [6.45, 7) is 2.86. The van der Waals surface area contributed by atoms with Gasteiger partial charge in [-0.25, -0.2) is 19.7 Å². The van der Waals surface area contributed by atoms with Crippen molar-refractivity contribution in [2.24, 2.45) is 7.05 Å². The second kappa shape index (κ2) is 9.66. The summed E-state index contributed by atoms with van der Waals surface area (Å²) in [5, 5.41) is 10.1. The minimum absolute atomic E-state index is 0.373. The number of aromatic amines is 1. The Balaban J connectivity index is 1.15. The number of anilines is 3. The molecule has 0 radical (unpaired) electrons. The lowest BCUT2D eigenvalue weighted by Gasteiger charge is -2.27.